The third-order valence-corrected chi connectivity index (χ3v) is 5.98. The number of rotatable bonds is 3. The Kier molecular flexibility index (Phi) is 2.96. The average Bonchev–Trinajstić information content (AvgIpc) is 2.59. The van der Waals surface area contributed by atoms with Crippen LogP contribution in [-0.2, 0) is 6.54 Å². The lowest BCUT2D eigenvalue weighted by molar-refractivity contribution is 0.323. The number of aromatic nitrogens is 3. The van der Waals surface area contributed by atoms with Crippen molar-refractivity contribution in [2.24, 2.45) is 0 Å². The molecule has 3 rings (SSSR count). The van der Waals surface area contributed by atoms with Crippen LogP contribution >= 0.6 is 11.8 Å². The van der Waals surface area contributed by atoms with Gasteiger partial charge in [0.25, 0.3) is 0 Å². The van der Waals surface area contributed by atoms with E-state index in [-0.39, 0.29) is 0 Å². The van der Waals surface area contributed by atoms with Crippen LogP contribution in [0, 0.1) is 13.8 Å². The summed E-state index contributed by atoms with van der Waals surface area (Å²) in [6.45, 7) is 5.30. The number of nitrogens with zero attached hydrogens (tertiary/aromatic N) is 3. The number of anilines is 1. The standard InChI is InChI=1S/C14H20N4S/c1-9-10(2)18(7-14(19-3)5-4-6-14)13-11(9)12(15)16-8-17-13/h8H,4-7H2,1-3H3,(H2,15,16,17). The summed E-state index contributed by atoms with van der Waals surface area (Å²) in [4.78, 5) is 8.58. The molecule has 1 fully saturated rings. The Bertz CT molecular complexity index is 622. The largest absolute Gasteiger partial charge is 0.383 e. The summed E-state index contributed by atoms with van der Waals surface area (Å²) in [5.41, 5.74) is 9.48. The number of nitrogens with two attached hydrogens (primary N) is 1. The molecule has 0 aliphatic heterocycles. The van der Waals surface area contributed by atoms with Gasteiger partial charge in [-0.3, -0.25) is 0 Å². The highest BCUT2D eigenvalue weighted by Crippen LogP contribution is 2.45. The molecule has 1 saturated carbocycles. The summed E-state index contributed by atoms with van der Waals surface area (Å²) in [5.74, 6) is 0.594. The fourth-order valence-electron chi connectivity index (χ4n) is 2.98. The number of aryl methyl sites for hydroxylation is 1. The first-order valence-corrected chi connectivity index (χ1v) is 7.91. The van der Waals surface area contributed by atoms with Gasteiger partial charge in [-0.2, -0.15) is 11.8 Å². The van der Waals surface area contributed by atoms with Crippen LogP contribution in [0.25, 0.3) is 11.0 Å². The number of fused-ring (bicyclic) bond motifs is 1. The van der Waals surface area contributed by atoms with E-state index in [1.165, 1.54) is 30.5 Å². The molecule has 5 heteroatoms. The third-order valence-electron chi connectivity index (χ3n) is 4.58. The lowest BCUT2D eigenvalue weighted by Crippen LogP contribution is -2.38. The van der Waals surface area contributed by atoms with Gasteiger partial charge in [0.2, 0.25) is 0 Å². The molecular weight excluding hydrogens is 256 g/mol. The summed E-state index contributed by atoms with van der Waals surface area (Å²) in [7, 11) is 0. The van der Waals surface area contributed by atoms with Crippen LogP contribution < -0.4 is 5.73 Å². The molecule has 0 atom stereocenters. The van der Waals surface area contributed by atoms with Crippen LogP contribution in [0.15, 0.2) is 6.33 Å². The number of nitrogen functional groups attached to an aromatic ring is 1. The van der Waals surface area contributed by atoms with Gasteiger partial charge >= 0.3 is 0 Å². The van der Waals surface area contributed by atoms with Crippen LogP contribution in [0.3, 0.4) is 0 Å². The van der Waals surface area contributed by atoms with E-state index in [2.05, 4.69) is 34.6 Å². The van der Waals surface area contributed by atoms with Crippen LogP contribution in [-0.4, -0.2) is 25.5 Å². The molecule has 0 bridgehead atoms. The van der Waals surface area contributed by atoms with Gasteiger partial charge < -0.3 is 10.3 Å². The first-order chi connectivity index (χ1) is 9.08. The Morgan fingerprint density at radius 1 is 1.37 bits per heavy atom. The lowest BCUT2D eigenvalue weighted by atomic mass is 9.84. The van der Waals surface area contributed by atoms with Crippen molar-refractivity contribution in [3.63, 3.8) is 0 Å². The smallest absolute Gasteiger partial charge is 0.145 e. The van der Waals surface area contributed by atoms with Crippen molar-refractivity contribution < 1.29 is 0 Å². The lowest BCUT2D eigenvalue weighted by Gasteiger charge is -2.41. The van der Waals surface area contributed by atoms with E-state index in [9.17, 15) is 0 Å². The van der Waals surface area contributed by atoms with Crippen molar-refractivity contribution in [3.8, 4) is 0 Å². The molecule has 2 aromatic heterocycles. The molecule has 0 saturated heterocycles. The summed E-state index contributed by atoms with van der Waals surface area (Å²) >= 11 is 1.99. The van der Waals surface area contributed by atoms with Gasteiger partial charge in [-0.15, -0.1) is 0 Å². The van der Waals surface area contributed by atoms with E-state index in [0.29, 0.717) is 10.6 Å². The van der Waals surface area contributed by atoms with Crippen molar-refractivity contribution in [3.05, 3.63) is 17.6 Å². The van der Waals surface area contributed by atoms with Crippen LogP contribution in [0.2, 0.25) is 0 Å². The van der Waals surface area contributed by atoms with E-state index < -0.39 is 0 Å². The number of thioether (sulfide) groups is 1. The topological polar surface area (TPSA) is 56.7 Å². The molecule has 0 unspecified atom stereocenters. The van der Waals surface area contributed by atoms with Gasteiger partial charge in [-0.25, -0.2) is 9.97 Å². The minimum absolute atomic E-state index is 0.392. The Morgan fingerprint density at radius 3 is 2.68 bits per heavy atom. The molecule has 0 aromatic carbocycles. The van der Waals surface area contributed by atoms with E-state index in [1.807, 2.05) is 11.8 Å². The normalized spacial score (nSPS) is 17.6. The summed E-state index contributed by atoms with van der Waals surface area (Å²) < 4.78 is 2.72. The summed E-state index contributed by atoms with van der Waals surface area (Å²) in [5, 5.41) is 1.02. The van der Waals surface area contributed by atoms with Gasteiger partial charge in [-0.05, 0) is 38.5 Å². The quantitative estimate of drug-likeness (QED) is 0.936. The maximum absolute atomic E-state index is 6.01. The molecule has 2 heterocycles. The molecule has 0 amide bonds. The Hall–Kier alpha value is -1.23. The minimum atomic E-state index is 0.392. The zero-order valence-electron chi connectivity index (χ0n) is 11.7. The molecule has 2 aromatic rings. The van der Waals surface area contributed by atoms with Crippen LogP contribution in [0.5, 0.6) is 0 Å². The first-order valence-electron chi connectivity index (χ1n) is 6.69. The Labute approximate surface area is 117 Å². The molecule has 102 valence electrons. The predicted octanol–water partition coefficient (Wildman–Crippen LogP) is 2.92. The van der Waals surface area contributed by atoms with Gasteiger partial charge in [0.1, 0.15) is 17.8 Å². The van der Waals surface area contributed by atoms with E-state index in [4.69, 9.17) is 5.73 Å². The average molecular weight is 276 g/mol. The molecule has 4 nitrogen and oxygen atoms in total. The second-order valence-electron chi connectivity index (χ2n) is 5.49. The highest BCUT2D eigenvalue weighted by Gasteiger charge is 2.37. The summed E-state index contributed by atoms with van der Waals surface area (Å²) in [6.07, 6.45) is 7.73. The zero-order chi connectivity index (χ0) is 13.6. The first kappa shape index (κ1) is 12.8. The Balaban J connectivity index is 2.13. The molecule has 2 N–H and O–H groups in total. The van der Waals surface area contributed by atoms with Crippen molar-refractivity contribution in [2.75, 3.05) is 12.0 Å². The van der Waals surface area contributed by atoms with E-state index >= 15 is 0 Å². The second kappa shape index (κ2) is 4.40. The Morgan fingerprint density at radius 2 is 2.11 bits per heavy atom. The van der Waals surface area contributed by atoms with Crippen molar-refractivity contribution in [1.82, 2.24) is 14.5 Å². The van der Waals surface area contributed by atoms with Gasteiger partial charge in [0, 0.05) is 17.0 Å². The SMILES string of the molecule is CSC1(Cn2c(C)c(C)c3c(N)ncnc32)CCC1. The predicted molar refractivity (Wildman–Crippen MR) is 81.5 cm³/mol. The molecular formula is C14H20N4S. The third kappa shape index (κ3) is 1.83. The second-order valence-corrected chi connectivity index (χ2v) is 6.77. The van der Waals surface area contributed by atoms with Gasteiger partial charge in [-0.1, -0.05) is 6.42 Å². The number of hydrogen-bond acceptors (Lipinski definition) is 4. The molecule has 1 aliphatic carbocycles. The van der Waals surface area contributed by atoms with Crippen molar-refractivity contribution in [1.29, 1.82) is 0 Å². The fourth-order valence-corrected chi connectivity index (χ4v) is 3.93. The van der Waals surface area contributed by atoms with E-state index in [1.54, 1.807) is 6.33 Å². The van der Waals surface area contributed by atoms with Gasteiger partial charge in [0.15, 0.2) is 0 Å². The highest BCUT2D eigenvalue weighted by atomic mass is 32.2. The minimum Gasteiger partial charge on any atom is -0.383 e. The summed E-state index contributed by atoms with van der Waals surface area (Å²) in [6, 6.07) is 0. The monoisotopic (exact) mass is 276 g/mol. The number of hydrogen-bond donors (Lipinski definition) is 1. The van der Waals surface area contributed by atoms with Crippen LogP contribution in [0.4, 0.5) is 5.82 Å². The fraction of sp³-hybridized carbons (Fsp3) is 0.571. The molecule has 0 radical (unpaired) electrons. The van der Waals surface area contributed by atoms with Crippen molar-refractivity contribution in [2.45, 2.75) is 44.4 Å². The highest BCUT2D eigenvalue weighted by molar-refractivity contribution is 8.00. The molecule has 0 spiro atoms. The van der Waals surface area contributed by atoms with Crippen molar-refractivity contribution >= 4 is 28.6 Å². The molecule has 1 aliphatic rings. The van der Waals surface area contributed by atoms with Gasteiger partial charge in [0.05, 0.1) is 5.39 Å². The van der Waals surface area contributed by atoms with E-state index in [0.717, 1.165) is 17.6 Å². The molecule has 19 heavy (non-hydrogen) atoms. The van der Waals surface area contributed by atoms with Crippen LogP contribution in [0.1, 0.15) is 30.5 Å². The maximum Gasteiger partial charge on any atom is 0.145 e. The maximum atomic E-state index is 6.01. The zero-order valence-corrected chi connectivity index (χ0v) is 12.5.